The number of carbonyl (C=O) groups excluding carboxylic acids is 1. The monoisotopic (exact) mass is 444 g/mol. The predicted octanol–water partition coefficient (Wildman–Crippen LogP) is 5.77. The molecule has 0 N–H and O–H groups in total. The van der Waals surface area contributed by atoms with Gasteiger partial charge in [-0.15, -0.1) is 11.3 Å². The topological polar surface area (TPSA) is 51.7 Å². The summed E-state index contributed by atoms with van der Waals surface area (Å²) in [5.74, 6) is 1.64. The molecule has 1 fully saturated rings. The van der Waals surface area contributed by atoms with E-state index in [2.05, 4.69) is 0 Å². The molecule has 0 spiro atoms. The minimum absolute atomic E-state index is 0.0268. The van der Waals surface area contributed by atoms with Crippen molar-refractivity contribution >= 4 is 39.1 Å². The number of thiazole rings is 1. The summed E-state index contributed by atoms with van der Waals surface area (Å²) in [4.78, 5) is 19.7. The zero-order valence-electron chi connectivity index (χ0n) is 17.4. The number of hydrogen-bond acceptors (Lipinski definition) is 5. The molecule has 30 heavy (non-hydrogen) atoms. The van der Waals surface area contributed by atoms with Gasteiger partial charge in [-0.2, -0.15) is 0 Å². The predicted molar refractivity (Wildman–Crippen MR) is 121 cm³/mol. The second-order valence-corrected chi connectivity index (χ2v) is 9.26. The molecule has 1 aliphatic rings. The van der Waals surface area contributed by atoms with Crippen molar-refractivity contribution in [2.75, 3.05) is 20.2 Å². The summed E-state index contributed by atoms with van der Waals surface area (Å²) < 4.78 is 12.3. The first kappa shape index (κ1) is 20.9. The van der Waals surface area contributed by atoms with Crippen molar-refractivity contribution in [3.05, 3.63) is 52.0 Å². The first-order valence-electron chi connectivity index (χ1n) is 10.1. The van der Waals surface area contributed by atoms with Crippen molar-refractivity contribution in [2.45, 2.75) is 38.7 Å². The summed E-state index contributed by atoms with van der Waals surface area (Å²) in [7, 11) is 1.59. The van der Waals surface area contributed by atoms with Crippen molar-refractivity contribution in [2.24, 2.45) is 0 Å². The number of benzene rings is 2. The summed E-state index contributed by atoms with van der Waals surface area (Å²) in [6, 6.07) is 11.2. The summed E-state index contributed by atoms with van der Waals surface area (Å²) in [5, 5.41) is 1.84. The number of carbonyl (C=O) groups is 1. The Bertz CT molecular complexity index is 1060. The first-order chi connectivity index (χ1) is 14.4. The Labute approximate surface area is 185 Å². The minimum Gasteiger partial charge on any atom is -0.493 e. The van der Waals surface area contributed by atoms with Gasteiger partial charge in [-0.3, -0.25) is 4.79 Å². The van der Waals surface area contributed by atoms with E-state index < -0.39 is 0 Å². The van der Waals surface area contributed by atoms with Gasteiger partial charge in [0.25, 0.3) is 5.91 Å². The van der Waals surface area contributed by atoms with Crippen LogP contribution < -0.4 is 9.47 Å². The van der Waals surface area contributed by atoms with Gasteiger partial charge in [0.2, 0.25) is 0 Å². The van der Waals surface area contributed by atoms with Crippen LogP contribution in [0, 0.1) is 0 Å². The van der Waals surface area contributed by atoms with Crippen LogP contribution in [0.5, 0.6) is 11.5 Å². The van der Waals surface area contributed by atoms with Gasteiger partial charge in [-0.05, 0) is 63.1 Å². The Hall–Kier alpha value is -2.31. The van der Waals surface area contributed by atoms with Gasteiger partial charge in [-0.1, -0.05) is 11.6 Å². The quantitative estimate of drug-likeness (QED) is 0.501. The van der Waals surface area contributed by atoms with E-state index in [0.717, 1.165) is 28.1 Å². The van der Waals surface area contributed by atoms with Gasteiger partial charge < -0.3 is 14.4 Å². The normalized spacial score (nSPS) is 15.0. The van der Waals surface area contributed by atoms with Gasteiger partial charge in [0.15, 0.2) is 11.5 Å². The van der Waals surface area contributed by atoms with Crippen molar-refractivity contribution in [3.63, 3.8) is 0 Å². The van der Waals surface area contributed by atoms with Gasteiger partial charge >= 0.3 is 0 Å². The zero-order chi connectivity index (χ0) is 21.3. The number of methoxy groups -OCH3 is 1. The van der Waals surface area contributed by atoms with Crippen LogP contribution in [0.15, 0.2) is 36.4 Å². The number of aromatic nitrogens is 1. The smallest absolute Gasteiger partial charge is 0.253 e. The van der Waals surface area contributed by atoms with E-state index in [-0.39, 0.29) is 12.0 Å². The summed E-state index contributed by atoms with van der Waals surface area (Å²) in [6.07, 6.45) is 1.86. The fourth-order valence-corrected chi connectivity index (χ4v) is 5.04. The van der Waals surface area contributed by atoms with Crippen LogP contribution >= 0.6 is 22.9 Å². The fourth-order valence-electron chi connectivity index (χ4n) is 3.76. The van der Waals surface area contributed by atoms with Crippen LogP contribution in [0.25, 0.3) is 10.2 Å². The van der Waals surface area contributed by atoms with Crippen molar-refractivity contribution in [1.29, 1.82) is 0 Å². The van der Waals surface area contributed by atoms with E-state index in [0.29, 0.717) is 41.1 Å². The SMILES string of the molecule is COc1cc(C(=O)N2CCC(c3nc4cc(Cl)ccc4s3)CC2)ccc1OC(C)C. The molecule has 2 aromatic carbocycles. The van der Waals surface area contributed by atoms with E-state index in [1.807, 2.05) is 49.1 Å². The standard InChI is InChI=1S/C23H25ClN2O3S/c1-14(2)29-19-6-4-16(12-20(19)28-3)23(27)26-10-8-15(9-11-26)22-25-18-13-17(24)5-7-21(18)30-22/h4-7,12-15H,8-11H2,1-3H3. The van der Waals surface area contributed by atoms with Crippen LogP contribution in [0.4, 0.5) is 0 Å². The molecule has 1 saturated heterocycles. The Morgan fingerprint density at radius 1 is 1.17 bits per heavy atom. The Morgan fingerprint density at radius 3 is 2.63 bits per heavy atom. The average Bonchev–Trinajstić information content (AvgIpc) is 3.16. The van der Waals surface area contributed by atoms with Gasteiger partial charge in [-0.25, -0.2) is 4.98 Å². The van der Waals surface area contributed by atoms with Gasteiger partial charge in [0.1, 0.15) is 0 Å². The van der Waals surface area contributed by atoms with Crippen molar-refractivity contribution in [3.8, 4) is 11.5 Å². The molecule has 3 aromatic rings. The van der Waals surface area contributed by atoms with Gasteiger partial charge in [0.05, 0.1) is 28.4 Å². The number of likely N-dealkylation sites (tertiary alicyclic amines) is 1. The molecule has 4 rings (SSSR count). The number of amides is 1. The maximum Gasteiger partial charge on any atom is 0.253 e. The van der Waals surface area contributed by atoms with Crippen LogP contribution in [0.1, 0.15) is 48.0 Å². The number of hydrogen-bond donors (Lipinski definition) is 0. The van der Waals surface area contributed by atoms with Crippen molar-refractivity contribution in [1.82, 2.24) is 9.88 Å². The molecular weight excluding hydrogens is 420 g/mol. The molecule has 1 aromatic heterocycles. The van der Waals surface area contributed by atoms with E-state index in [4.69, 9.17) is 26.1 Å². The lowest BCUT2D eigenvalue weighted by Crippen LogP contribution is -2.37. The van der Waals surface area contributed by atoms with Crippen LogP contribution in [-0.2, 0) is 0 Å². The molecule has 0 radical (unpaired) electrons. The molecule has 0 bridgehead atoms. The lowest BCUT2D eigenvalue weighted by molar-refractivity contribution is 0.0712. The third kappa shape index (κ3) is 4.40. The number of halogens is 1. The summed E-state index contributed by atoms with van der Waals surface area (Å²) >= 11 is 7.81. The largest absolute Gasteiger partial charge is 0.493 e. The number of piperidine rings is 1. The number of ether oxygens (including phenoxy) is 2. The molecule has 158 valence electrons. The minimum atomic E-state index is 0.0268. The summed E-state index contributed by atoms with van der Waals surface area (Å²) in [6.45, 7) is 5.35. The zero-order valence-corrected chi connectivity index (χ0v) is 18.9. The second kappa shape index (κ2) is 8.82. The maximum atomic E-state index is 13.0. The summed E-state index contributed by atoms with van der Waals surface area (Å²) in [5.41, 5.74) is 1.58. The van der Waals surface area contributed by atoms with Crippen molar-refractivity contribution < 1.29 is 14.3 Å². The van der Waals surface area contributed by atoms with Crippen LogP contribution in [0.2, 0.25) is 5.02 Å². The molecule has 0 saturated carbocycles. The molecule has 0 unspecified atom stereocenters. The van der Waals surface area contributed by atoms with E-state index in [1.165, 1.54) is 0 Å². The third-order valence-corrected chi connectivity index (χ3v) is 6.70. The molecule has 1 aliphatic heterocycles. The number of rotatable bonds is 5. The maximum absolute atomic E-state index is 13.0. The van der Waals surface area contributed by atoms with Crippen LogP contribution in [0.3, 0.4) is 0 Å². The molecule has 2 heterocycles. The van der Waals surface area contributed by atoms with Gasteiger partial charge in [0, 0.05) is 29.6 Å². The molecule has 5 nitrogen and oxygen atoms in total. The number of fused-ring (bicyclic) bond motifs is 1. The fraction of sp³-hybridized carbons (Fsp3) is 0.391. The lowest BCUT2D eigenvalue weighted by atomic mass is 9.97. The highest BCUT2D eigenvalue weighted by atomic mass is 35.5. The highest BCUT2D eigenvalue weighted by Crippen LogP contribution is 2.35. The molecule has 0 atom stereocenters. The average molecular weight is 445 g/mol. The second-order valence-electron chi connectivity index (χ2n) is 7.76. The van der Waals surface area contributed by atoms with Crippen LogP contribution in [-0.4, -0.2) is 42.1 Å². The molecule has 7 heteroatoms. The Kier molecular flexibility index (Phi) is 6.16. The van der Waals surface area contributed by atoms with E-state index in [1.54, 1.807) is 24.5 Å². The third-order valence-electron chi connectivity index (χ3n) is 5.27. The number of nitrogens with zero attached hydrogens (tertiary/aromatic N) is 2. The lowest BCUT2D eigenvalue weighted by Gasteiger charge is -2.31. The Morgan fingerprint density at radius 2 is 1.93 bits per heavy atom. The first-order valence-corrected chi connectivity index (χ1v) is 11.3. The molecule has 1 amide bonds. The Balaban J connectivity index is 1.43. The highest BCUT2D eigenvalue weighted by Gasteiger charge is 2.27. The van der Waals surface area contributed by atoms with E-state index >= 15 is 0 Å². The molecule has 0 aliphatic carbocycles. The molecular formula is C23H25ClN2O3S. The highest BCUT2D eigenvalue weighted by molar-refractivity contribution is 7.18. The van der Waals surface area contributed by atoms with E-state index in [9.17, 15) is 4.79 Å².